The molecule has 21 heavy (non-hydrogen) atoms. The van der Waals surface area contributed by atoms with Crippen LogP contribution in [-0.2, 0) is 0 Å². The van der Waals surface area contributed by atoms with Crippen LogP contribution >= 0.6 is 0 Å². The van der Waals surface area contributed by atoms with E-state index in [0.29, 0.717) is 0 Å². The van der Waals surface area contributed by atoms with Crippen molar-refractivity contribution in [3.8, 4) is 0 Å². The van der Waals surface area contributed by atoms with Crippen molar-refractivity contribution in [3.63, 3.8) is 0 Å². The Morgan fingerprint density at radius 3 is 2.48 bits per heavy atom. The van der Waals surface area contributed by atoms with E-state index in [4.69, 9.17) is 0 Å². The molecule has 0 aromatic heterocycles. The minimum atomic E-state index is 0.781. The van der Waals surface area contributed by atoms with Gasteiger partial charge in [-0.2, -0.15) is 0 Å². The minimum absolute atomic E-state index is 0.781. The highest BCUT2D eigenvalue weighted by Gasteiger charge is 2.19. The van der Waals surface area contributed by atoms with Crippen LogP contribution in [0.25, 0.3) is 0 Å². The molecule has 1 N–H and O–H groups in total. The lowest BCUT2D eigenvalue weighted by atomic mass is 9.79. The largest absolute Gasteiger partial charge is 0.313 e. The third kappa shape index (κ3) is 11.0. The van der Waals surface area contributed by atoms with Crippen LogP contribution < -0.4 is 5.32 Å². The van der Waals surface area contributed by atoms with Crippen molar-refractivity contribution in [2.75, 3.05) is 13.1 Å². The van der Waals surface area contributed by atoms with Gasteiger partial charge in [0.15, 0.2) is 0 Å². The number of hydrogen-bond acceptors (Lipinski definition) is 1. The summed E-state index contributed by atoms with van der Waals surface area (Å²) in [5.41, 5.74) is 1.50. The molecule has 1 aliphatic carbocycles. The molecule has 0 amide bonds. The van der Waals surface area contributed by atoms with Crippen molar-refractivity contribution < 1.29 is 0 Å². The number of nitrogens with one attached hydrogen (secondary N) is 1. The van der Waals surface area contributed by atoms with Crippen molar-refractivity contribution in [2.24, 2.45) is 17.8 Å². The van der Waals surface area contributed by atoms with Crippen molar-refractivity contribution in [1.29, 1.82) is 0 Å². The van der Waals surface area contributed by atoms with Gasteiger partial charge in [0.05, 0.1) is 0 Å². The van der Waals surface area contributed by atoms with Crippen LogP contribution in [0.2, 0.25) is 0 Å². The molecule has 1 heteroatoms. The molecule has 126 valence electrons. The van der Waals surface area contributed by atoms with Crippen LogP contribution in [-0.4, -0.2) is 13.1 Å². The molecular formula is C20H41N. The number of hydrogen-bond donors (Lipinski definition) is 1. The molecule has 0 saturated heterocycles. The summed E-state index contributed by atoms with van der Waals surface area (Å²) in [5.74, 6) is 2.79. The highest BCUT2D eigenvalue weighted by atomic mass is 14.8. The maximum Gasteiger partial charge on any atom is 0.0161 e. The Balaban J connectivity index is 0.00000191. The fourth-order valence-corrected chi connectivity index (χ4v) is 3.14. The molecule has 0 aromatic carbocycles. The third-order valence-electron chi connectivity index (χ3n) is 4.54. The maximum atomic E-state index is 3.62. The van der Waals surface area contributed by atoms with Crippen LogP contribution in [0.1, 0.15) is 86.5 Å². The predicted octanol–water partition coefficient (Wildman–Crippen LogP) is 6.20. The molecular weight excluding hydrogens is 254 g/mol. The number of allylic oxidation sites excluding steroid dienone is 1. The van der Waals surface area contributed by atoms with E-state index in [0.717, 1.165) is 24.3 Å². The molecule has 0 aromatic rings. The summed E-state index contributed by atoms with van der Waals surface area (Å²) in [6, 6.07) is 0. The number of rotatable bonds is 8. The zero-order valence-electron chi connectivity index (χ0n) is 15.7. The Morgan fingerprint density at radius 1 is 1.19 bits per heavy atom. The highest BCUT2D eigenvalue weighted by molar-refractivity contribution is 5.00. The molecule has 0 heterocycles. The average molecular weight is 296 g/mol. The minimum Gasteiger partial charge on any atom is -0.313 e. The predicted molar refractivity (Wildman–Crippen MR) is 97.8 cm³/mol. The topological polar surface area (TPSA) is 12.0 Å². The van der Waals surface area contributed by atoms with Crippen LogP contribution in [0.3, 0.4) is 0 Å². The van der Waals surface area contributed by atoms with Gasteiger partial charge in [-0.15, -0.1) is 0 Å². The maximum absolute atomic E-state index is 3.62. The van der Waals surface area contributed by atoms with Gasteiger partial charge in [0.2, 0.25) is 0 Å². The lowest BCUT2D eigenvalue weighted by Gasteiger charge is -2.28. The quantitative estimate of drug-likeness (QED) is 0.415. The molecule has 2 atom stereocenters. The van der Waals surface area contributed by atoms with Crippen LogP contribution in [0.4, 0.5) is 0 Å². The lowest BCUT2D eigenvalue weighted by molar-refractivity contribution is 0.248. The molecule has 1 saturated carbocycles. The molecule has 2 unspecified atom stereocenters. The lowest BCUT2D eigenvalue weighted by Crippen LogP contribution is -2.23. The highest BCUT2D eigenvalue weighted by Crippen LogP contribution is 2.32. The van der Waals surface area contributed by atoms with E-state index in [1.807, 2.05) is 13.8 Å². The van der Waals surface area contributed by atoms with E-state index in [-0.39, 0.29) is 0 Å². The molecule has 1 aliphatic rings. The molecule has 1 nitrogen and oxygen atoms in total. The normalized spacial score (nSPS) is 22.9. The van der Waals surface area contributed by atoms with Crippen LogP contribution in [0.15, 0.2) is 11.6 Å². The van der Waals surface area contributed by atoms with Gasteiger partial charge in [-0.25, -0.2) is 0 Å². The molecule has 1 fully saturated rings. The van der Waals surface area contributed by atoms with Crippen molar-refractivity contribution >= 4 is 0 Å². The molecule has 1 rings (SSSR count). The fourth-order valence-electron chi connectivity index (χ4n) is 3.14. The van der Waals surface area contributed by atoms with Gasteiger partial charge in [-0.05, 0) is 50.5 Å². The molecule has 0 spiro atoms. The first-order valence-corrected chi connectivity index (χ1v) is 9.48. The van der Waals surface area contributed by atoms with Gasteiger partial charge in [0.25, 0.3) is 0 Å². The summed E-state index contributed by atoms with van der Waals surface area (Å²) in [4.78, 5) is 0. The monoisotopic (exact) mass is 295 g/mol. The second-order valence-corrected chi connectivity index (χ2v) is 6.95. The van der Waals surface area contributed by atoms with Crippen molar-refractivity contribution in [2.45, 2.75) is 86.5 Å². The first-order chi connectivity index (χ1) is 10.1. The first kappa shape index (κ1) is 20.7. The van der Waals surface area contributed by atoms with E-state index >= 15 is 0 Å². The summed E-state index contributed by atoms with van der Waals surface area (Å²) in [7, 11) is 0. The summed E-state index contributed by atoms with van der Waals surface area (Å²) in [5, 5.41) is 3.62. The Morgan fingerprint density at radius 2 is 1.86 bits per heavy atom. The standard InChI is InChI=1S/C18H35N.C2H6/c1-5-17-7-6-8-18(13-17)11-12-19-14-16(4)10-9-15(2)3;1-2/h10,15,17-19H,5-9,11-14H2,1-4H3;1-2H3/b16-10+;. The Hall–Kier alpha value is -0.300. The second kappa shape index (κ2) is 13.4. The van der Waals surface area contributed by atoms with Crippen LogP contribution in [0.5, 0.6) is 0 Å². The summed E-state index contributed by atoms with van der Waals surface area (Å²) in [6.45, 7) is 15.5. The van der Waals surface area contributed by atoms with E-state index in [9.17, 15) is 0 Å². The van der Waals surface area contributed by atoms with Crippen molar-refractivity contribution in [3.05, 3.63) is 11.6 Å². The van der Waals surface area contributed by atoms with Gasteiger partial charge in [-0.1, -0.05) is 72.0 Å². The molecule has 0 radical (unpaired) electrons. The second-order valence-electron chi connectivity index (χ2n) is 6.95. The zero-order chi connectivity index (χ0) is 16.1. The van der Waals surface area contributed by atoms with Gasteiger partial charge in [0, 0.05) is 6.54 Å². The van der Waals surface area contributed by atoms with Gasteiger partial charge in [0.1, 0.15) is 0 Å². The van der Waals surface area contributed by atoms with E-state index in [2.05, 4.69) is 39.1 Å². The van der Waals surface area contributed by atoms with Crippen LogP contribution in [0, 0.1) is 17.8 Å². The molecule has 0 bridgehead atoms. The Bertz CT molecular complexity index is 255. The summed E-state index contributed by atoms with van der Waals surface area (Å²) in [6.07, 6.45) is 12.3. The first-order valence-electron chi connectivity index (χ1n) is 9.48. The molecule has 0 aliphatic heterocycles. The Kier molecular flexibility index (Phi) is 13.2. The SMILES string of the molecule is CC.CCC1CCCC(CCNC/C(C)=C/CC(C)C)C1. The van der Waals surface area contributed by atoms with E-state index in [1.54, 1.807) is 0 Å². The average Bonchev–Trinajstić information content (AvgIpc) is 2.51. The summed E-state index contributed by atoms with van der Waals surface area (Å²) < 4.78 is 0. The summed E-state index contributed by atoms with van der Waals surface area (Å²) >= 11 is 0. The van der Waals surface area contributed by atoms with Crippen molar-refractivity contribution in [1.82, 2.24) is 5.32 Å². The van der Waals surface area contributed by atoms with E-state index in [1.165, 1.54) is 57.1 Å². The smallest absolute Gasteiger partial charge is 0.0161 e. The third-order valence-corrected chi connectivity index (χ3v) is 4.54. The van der Waals surface area contributed by atoms with Gasteiger partial charge < -0.3 is 5.32 Å². The van der Waals surface area contributed by atoms with Gasteiger partial charge >= 0.3 is 0 Å². The zero-order valence-corrected chi connectivity index (χ0v) is 15.7. The van der Waals surface area contributed by atoms with E-state index < -0.39 is 0 Å². The Labute approximate surface area is 135 Å². The van der Waals surface area contributed by atoms with Gasteiger partial charge in [-0.3, -0.25) is 0 Å². The fraction of sp³-hybridized carbons (Fsp3) is 0.900.